The Balaban J connectivity index is 3.14. The van der Waals surface area contributed by atoms with Gasteiger partial charge in [0.05, 0.1) is 10.6 Å². The molecule has 0 spiro atoms. The van der Waals surface area contributed by atoms with Crippen molar-refractivity contribution >= 4 is 29.7 Å². The highest BCUT2D eigenvalue weighted by Gasteiger charge is 2.22. The topological polar surface area (TPSA) is 114 Å². The third-order valence-corrected chi connectivity index (χ3v) is 5.92. The van der Waals surface area contributed by atoms with Crippen LogP contribution < -0.4 is 4.72 Å². The Labute approximate surface area is 123 Å². The summed E-state index contributed by atoms with van der Waals surface area (Å²) in [6, 6.07) is 2.36. The predicted molar refractivity (Wildman–Crippen MR) is 74.4 cm³/mol. The molecule has 0 saturated carbocycles. The lowest BCUT2D eigenvalue weighted by Crippen LogP contribution is -2.29. The minimum absolute atomic E-state index is 0.354. The molecule has 0 fully saturated rings. The molecule has 0 heterocycles. The van der Waals surface area contributed by atoms with Crippen molar-refractivity contribution in [1.82, 2.24) is 4.72 Å². The van der Waals surface area contributed by atoms with Crippen LogP contribution in [0, 0.1) is 5.82 Å². The second-order valence-corrected chi connectivity index (χ2v) is 10.4. The van der Waals surface area contributed by atoms with Crippen LogP contribution >= 0.6 is 0 Å². The molecule has 1 rings (SSSR count). The summed E-state index contributed by atoms with van der Waals surface area (Å²) < 4.78 is 83.8. The fourth-order valence-electron chi connectivity index (χ4n) is 1.36. The minimum Gasteiger partial charge on any atom is -0.229 e. The van der Waals surface area contributed by atoms with Crippen molar-refractivity contribution in [2.75, 3.05) is 24.8 Å². The Morgan fingerprint density at radius 2 is 1.62 bits per heavy atom. The summed E-state index contributed by atoms with van der Waals surface area (Å²) in [4.78, 5) is -1.20. The summed E-state index contributed by atoms with van der Waals surface area (Å²) in [5.41, 5.74) is 0. The molecule has 0 aliphatic heterocycles. The van der Waals surface area contributed by atoms with Gasteiger partial charge >= 0.3 is 0 Å². The van der Waals surface area contributed by atoms with Crippen LogP contribution in [-0.2, 0) is 29.7 Å². The Kier molecular flexibility index (Phi) is 5.13. The number of halogens is 1. The molecule has 120 valence electrons. The second-order valence-electron chi connectivity index (χ2n) is 4.39. The number of sulfonamides is 1. The van der Waals surface area contributed by atoms with Gasteiger partial charge in [0.25, 0.3) is 0 Å². The largest absolute Gasteiger partial charge is 0.243 e. The van der Waals surface area contributed by atoms with Crippen molar-refractivity contribution < 1.29 is 29.6 Å². The average Bonchev–Trinajstić information content (AvgIpc) is 2.25. The molecule has 0 saturated heterocycles. The van der Waals surface area contributed by atoms with Gasteiger partial charge in [0.2, 0.25) is 10.0 Å². The van der Waals surface area contributed by atoms with Gasteiger partial charge in [-0.05, 0) is 18.2 Å². The average molecular weight is 359 g/mol. The highest BCUT2D eigenvalue weighted by molar-refractivity contribution is 7.91. The number of benzene rings is 1. The van der Waals surface area contributed by atoms with E-state index in [4.69, 9.17) is 0 Å². The molecule has 1 aromatic carbocycles. The molecule has 0 aliphatic carbocycles. The maximum atomic E-state index is 13.6. The number of sulfone groups is 2. The van der Waals surface area contributed by atoms with Crippen molar-refractivity contribution in [2.45, 2.75) is 9.79 Å². The van der Waals surface area contributed by atoms with Gasteiger partial charge in [-0.1, -0.05) is 0 Å². The van der Waals surface area contributed by atoms with E-state index < -0.39 is 52.7 Å². The van der Waals surface area contributed by atoms with Crippen LogP contribution in [0.25, 0.3) is 0 Å². The Bertz CT molecular complexity index is 843. The third kappa shape index (κ3) is 5.34. The van der Waals surface area contributed by atoms with Crippen LogP contribution in [0.15, 0.2) is 28.0 Å². The van der Waals surface area contributed by atoms with Gasteiger partial charge in [-0.2, -0.15) is 0 Å². The first-order valence-corrected chi connectivity index (χ1v) is 10.9. The zero-order valence-electron chi connectivity index (χ0n) is 11.2. The van der Waals surface area contributed by atoms with Crippen LogP contribution in [-0.4, -0.2) is 50.1 Å². The lowest BCUT2D eigenvalue weighted by atomic mass is 10.3. The maximum Gasteiger partial charge on any atom is 0.243 e. The third-order valence-electron chi connectivity index (χ3n) is 2.39. The van der Waals surface area contributed by atoms with Crippen molar-refractivity contribution in [3.05, 3.63) is 24.0 Å². The Hall–Kier alpha value is -1.04. The Morgan fingerprint density at radius 1 is 1.05 bits per heavy atom. The molecular formula is C10H14FNO6S3. The maximum absolute atomic E-state index is 13.6. The molecule has 21 heavy (non-hydrogen) atoms. The molecule has 7 nitrogen and oxygen atoms in total. The summed E-state index contributed by atoms with van der Waals surface area (Å²) in [5, 5.41) is 0. The lowest BCUT2D eigenvalue weighted by Gasteiger charge is -2.08. The summed E-state index contributed by atoms with van der Waals surface area (Å²) in [7, 11) is -11.4. The zero-order valence-corrected chi connectivity index (χ0v) is 13.6. The number of rotatable bonds is 6. The standard InChI is InChI=1S/C10H14FNO6S3/c1-19(13,14)6-5-12-21(17,18)10-7-8(20(2,15)16)3-4-9(10)11/h3-4,7,12H,5-6H2,1-2H3. The fraction of sp³-hybridized carbons (Fsp3) is 0.400. The van der Waals surface area contributed by atoms with Gasteiger partial charge in [-0.15, -0.1) is 0 Å². The summed E-state index contributed by atoms with van der Waals surface area (Å²) >= 11 is 0. The minimum atomic E-state index is -4.35. The monoisotopic (exact) mass is 359 g/mol. The molecule has 0 unspecified atom stereocenters. The highest BCUT2D eigenvalue weighted by Crippen LogP contribution is 2.19. The van der Waals surface area contributed by atoms with Gasteiger partial charge < -0.3 is 0 Å². The van der Waals surface area contributed by atoms with Gasteiger partial charge in [0, 0.05) is 19.1 Å². The Morgan fingerprint density at radius 3 is 2.10 bits per heavy atom. The smallest absolute Gasteiger partial charge is 0.229 e. The number of hydrogen-bond acceptors (Lipinski definition) is 6. The van der Waals surface area contributed by atoms with E-state index in [2.05, 4.69) is 0 Å². The normalized spacial score (nSPS) is 13.3. The van der Waals surface area contributed by atoms with Gasteiger partial charge in [-0.25, -0.2) is 34.4 Å². The van der Waals surface area contributed by atoms with E-state index >= 15 is 0 Å². The van der Waals surface area contributed by atoms with E-state index in [1.54, 1.807) is 0 Å². The molecule has 1 aromatic rings. The number of nitrogens with one attached hydrogen (secondary N) is 1. The van der Waals surface area contributed by atoms with Crippen LogP contribution in [0.3, 0.4) is 0 Å². The van der Waals surface area contributed by atoms with Gasteiger partial charge in [-0.3, -0.25) is 0 Å². The zero-order chi connectivity index (χ0) is 16.5. The van der Waals surface area contributed by atoms with Crippen molar-refractivity contribution in [3.8, 4) is 0 Å². The second kappa shape index (κ2) is 5.99. The molecule has 0 aliphatic rings. The van der Waals surface area contributed by atoms with E-state index in [-0.39, 0.29) is 4.90 Å². The van der Waals surface area contributed by atoms with Crippen LogP contribution in [0.4, 0.5) is 4.39 Å². The lowest BCUT2D eigenvalue weighted by molar-refractivity contribution is 0.556. The molecule has 0 aromatic heterocycles. The summed E-state index contributed by atoms with van der Waals surface area (Å²) in [5.74, 6) is -1.59. The molecule has 0 atom stereocenters. The van der Waals surface area contributed by atoms with Crippen LogP contribution in [0.5, 0.6) is 0 Å². The predicted octanol–water partition coefficient (Wildman–Crippen LogP) is -0.448. The summed E-state index contributed by atoms with van der Waals surface area (Å²) in [6.45, 7) is -0.441. The molecule has 1 N–H and O–H groups in total. The van der Waals surface area contributed by atoms with Crippen molar-refractivity contribution in [3.63, 3.8) is 0 Å². The number of hydrogen-bond donors (Lipinski definition) is 1. The van der Waals surface area contributed by atoms with E-state index in [1.807, 2.05) is 4.72 Å². The molecule has 0 bridgehead atoms. The van der Waals surface area contributed by atoms with E-state index in [0.717, 1.165) is 24.6 Å². The first kappa shape index (κ1) is 18.0. The molecular weight excluding hydrogens is 345 g/mol. The van der Waals surface area contributed by atoms with Crippen LogP contribution in [0.2, 0.25) is 0 Å². The quantitative estimate of drug-likeness (QED) is 0.688. The highest BCUT2D eigenvalue weighted by atomic mass is 32.2. The molecule has 0 amide bonds. The first-order valence-electron chi connectivity index (χ1n) is 5.50. The SMILES string of the molecule is CS(=O)(=O)CCNS(=O)(=O)c1cc(S(C)(=O)=O)ccc1F. The van der Waals surface area contributed by atoms with Gasteiger partial charge in [0.1, 0.15) is 20.5 Å². The van der Waals surface area contributed by atoms with E-state index in [9.17, 15) is 29.6 Å². The molecule has 11 heteroatoms. The van der Waals surface area contributed by atoms with E-state index in [0.29, 0.717) is 6.07 Å². The fourth-order valence-corrected chi connectivity index (χ4v) is 3.82. The first-order chi connectivity index (χ1) is 9.33. The van der Waals surface area contributed by atoms with Crippen molar-refractivity contribution in [1.29, 1.82) is 0 Å². The van der Waals surface area contributed by atoms with E-state index in [1.165, 1.54) is 0 Å². The summed E-state index contributed by atoms with van der Waals surface area (Å²) in [6.07, 6.45) is 1.78. The molecule has 0 radical (unpaired) electrons. The van der Waals surface area contributed by atoms with Crippen molar-refractivity contribution in [2.24, 2.45) is 0 Å². The van der Waals surface area contributed by atoms with Gasteiger partial charge in [0.15, 0.2) is 9.84 Å². The van der Waals surface area contributed by atoms with Crippen LogP contribution in [0.1, 0.15) is 0 Å².